The van der Waals surface area contributed by atoms with E-state index in [0.29, 0.717) is 12.0 Å². The van der Waals surface area contributed by atoms with Crippen molar-refractivity contribution in [1.29, 1.82) is 0 Å². The quantitative estimate of drug-likeness (QED) is 0.914. The summed E-state index contributed by atoms with van der Waals surface area (Å²) in [4.78, 5) is 0. The van der Waals surface area contributed by atoms with Gasteiger partial charge in [-0.25, -0.2) is 0 Å². The van der Waals surface area contributed by atoms with Crippen molar-refractivity contribution in [2.75, 3.05) is 13.6 Å². The Morgan fingerprint density at radius 1 is 1.40 bits per heavy atom. The Balaban J connectivity index is 2.90. The van der Waals surface area contributed by atoms with Crippen LogP contribution in [-0.2, 0) is 0 Å². The molecule has 0 spiro atoms. The summed E-state index contributed by atoms with van der Waals surface area (Å²) in [6, 6.07) is 0.419. The van der Waals surface area contributed by atoms with Gasteiger partial charge in [-0.3, -0.25) is 4.68 Å². The van der Waals surface area contributed by atoms with Gasteiger partial charge in [-0.2, -0.15) is 5.10 Å². The molecule has 0 aliphatic heterocycles. The molecule has 1 aromatic rings. The zero-order chi connectivity index (χ0) is 11.6. The molecule has 0 aliphatic rings. The van der Waals surface area contributed by atoms with E-state index in [0.717, 1.165) is 16.7 Å². The summed E-state index contributed by atoms with van der Waals surface area (Å²) in [5.74, 6) is 0.569. The fourth-order valence-electron chi connectivity index (χ4n) is 1.77. The van der Waals surface area contributed by atoms with E-state index in [-0.39, 0.29) is 0 Å². The average Bonchev–Trinajstić information content (AvgIpc) is 2.45. The second kappa shape index (κ2) is 5.12. The normalized spacial score (nSPS) is 15.3. The Morgan fingerprint density at radius 2 is 2.00 bits per heavy atom. The summed E-state index contributed by atoms with van der Waals surface area (Å²) in [6.07, 6.45) is 0. The summed E-state index contributed by atoms with van der Waals surface area (Å²) in [7, 11) is 1.99. The third-order valence-electron chi connectivity index (χ3n) is 2.97. The molecule has 86 valence electrons. The van der Waals surface area contributed by atoms with E-state index in [1.807, 2.05) is 14.0 Å². The maximum absolute atomic E-state index is 4.56. The number of aromatic nitrogens is 2. The van der Waals surface area contributed by atoms with Gasteiger partial charge in [-0.05, 0) is 56.2 Å². The lowest BCUT2D eigenvalue weighted by molar-refractivity contribution is 0.338. The molecular weight excluding hydrogens is 254 g/mol. The van der Waals surface area contributed by atoms with Crippen LogP contribution < -0.4 is 5.32 Å². The lowest BCUT2D eigenvalue weighted by Gasteiger charge is -2.21. The first-order valence-electron chi connectivity index (χ1n) is 5.34. The fraction of sp³-hybridized carbons (Fsp3) is 0.727. The maximum Gasteiger partial charge on any atom is 0.0738 e. The lowest BCUT2D eigenvalue weighted by atomic mass is 10.0. The summed E-state index contributed by atoms with van der Waals surface area (Å²) < 4.78 is 3.24. The third-order valence-corrected chi connectivity index (χ3v) is 4.12. The van der Waals surface area contributed by atoms with Gasteiger partial charge in [0.2, 0.25) is 0 Å². The Labute approximate surface area is 100 Å². The number of hydrogen-bond acceptors (Lipinski definition) is 2. The van der Waals surface area contributed by atoms with Crippen molar-refractivity contribution in [3.63, 3.8) is 0 Å². The zero-order valence-electron chi connectivity index (χ0n) is 10.1. The van der Waals surface area contributed by atoms with Gasteiger partial charge in [-0.1, -0.05) is 6.92 Å². The smallest absolute Gasteiger partial charge is 0.0738 e. The lowest BCUT2D eigenvalue weighted by Crippen LogP contribution is -2.25. The summed E-state index contributed by atoms with van der Waals surface area (Å²) in [5, 5.41) is 7.76. The number of nitrogens with one attached hydrogen (secondary N) is 1. The van der Waals surface area contributed by atoms with Crippen molar-refractivity contribution in [3.8, 4) is 0 Å². The average molecular weight is 274 g/mol. The van der Waals surface area contributed by atoms with E-state index >= 15 is 0 Å². The van der Waals surface area contributed by atoms with E-state index in [4.69, 9.17) is 0 Å². The van der Waals surface area contributed by atoms with Crippen LogP contribution in [0.4, 0.5) is 0 Å². The molecule has 2 unspecified atom stereocenters. The molecule has 0 fully saturated rings. The monoisotopic (exact) mass is 273 g/mol. The molecule has 0 bridgehead atoms. The van der Waals surface area contributed by atoms with Crippen LogP contribution >= 0.6 is 15.9 Å². The van der Waals surface area contributed by atoms with Crippen LogP contribution in [0.15, 0.2) is 4.47 Å². The number of hydrogen-bond donors (Lipinski definition) is 1. The first-order chi connectivity index (χ1) is 6.99. The highest BCUT2D eigenvalue weighted by molar-refractivity contribution is 9.10. The topological polar surface area (TPSA) is 29.9 Å². The molecule has 0 radical (unpaired) electrons. The van der Waals surface area contributed by atoms with Crippen LogP contribution in [0, 0.1) is 19.8 Å². The number of nitrogens with zero attached hydrogens (tertiary/aromatic N) is 2. The maximum atomic E-state index is 4.56. The van der Waals surface area contributed by atoms with Gasteiger partial charge in [0.25, 0.3) is 0 Å². The number of aryl methyl sites for hydroxylation is 1. The van der Waals surface area contributed by atoms with E-state index in [2.05, 4.69) is 51.8 Å². The number of halogens is 1. The second-order valence-corrected chi connectivity index (χ2v) is 5.00. The largest absolute Gasteiger partial charge is 0.319 e. The zero-order valence-corrected chi connectivity index (χ0v) is 11.7. The SMILES string of the molecule is CNCC(C)C(C)n1nc(C)c(Br)c1C. The van der Waals surface area contributed by atoms with Crippen LogP contribution in [0.25, 0.3) is 0 Å². The Morgan fingerprint density at radius 3 is 2.40 bits per heavy atom. The van der Waals surface area contributed by atoms with Gasteiger partial charge < -0.3 is 5.32 Å². The van der Waals surface area contributed by atoms with Crippen LogP contribution in [0.5, 0.6) is 0 Å². The standard InChI is InChI=1S/C11H20BrN3/c1-7(6-13-5)9(3)15-10(4)11(12)8(2)14-15/h7,9,13H,6H2,1-5H3. The van der Waals surface area contributed by atoms with Crippen LogP contribution in [0.3, 0.4) is 0 Å². The molecule has 15 heavy (non-hydrogen) atoms. The van der Waals surface area contributed by atoms with Gasteiger partial charge in [-0.15, -0.1) is 0 Å². The highest BCUT2D eigenvalue weighted by atomic mass is 79.9. The highest BCUT2D eigenvalue weighted by Gasteiger charge is 2.18. The van der Waals surface area contributed by atoms with Gasteiger partial charge in [0, 0.05) is 0 Å². The summed E-state index contributed by atoms with van der Waals surface area (Å²) in [5.41, 5.74) is 2.28. The van der Waals surface area contributed by atoms with Crippen molar-refractivity contribution in [2.24, 2.45) is 5.92 Å². The first-order valence-corrected chi connectivity index (χ1v) is 6.14. The molecule has 1 aromatic heterocycles. The predicted octanol–water partition coefficient (Wildman–Crippen LogP) is 2.68. The molecule has 3 nitrogen and oxygen atoms in total. The van der Waals surface area contributed by atoms with E-state index < -0.39 is 0 Å². The van der Waals surface area contributed by atoms with Gasteiger partial charge in [0.05, 0.1) is 21.9 Å². The Kier molecular flexibility index (Phi) is 4.34. The highest BCUT2D eigenvalue weighted by Crippen LogP contribution is 2.25. The third kappa shape index (κ3) is 2.61. The molecule has 0 saturated heterocycles. The van der Waals surface area contributed by atoms with Crippen molar-refractivity contribution < 1.29 is 0 Å². The van der Waals surface area contributed by atoms with Crippen LogP contribution in [0.2, 0.25) is 0 Å². The first kappa shape index (κ1) is 12.7. The minimum atomic E-state index is 0.419. The van der Waals surface area contributed by atoms with Gasteiger partial charge in [0.1, 0.15) is 0 Å². The minimum absolute atomic E-state index is 0.419. The van der Waals surface area contributed by atoms with Crippen molar-refractivity contribution >= 4 is 15.9 Å². The molecule has 1 rings (SSSR count). The fourth-order valence-corrected chi connectivity index (χ4v) is 2.03. The van der Waals surface area contributed by atoms with Crippen molar-refractivity contribution in [2.45, 2.75) is 33.7 Å². The molecule has 1 N–H and O–H groups in total. The molecule has 4 heteroatoms. The van der Waals surface area contributed by atoms with Crippen molar-refractivity contribution in [1.82, 2.24) is 15.1 Å². The second-order valence-electron chi connectivity index (χ2n) is 4.20. The van der Waals surface area contributed by atoms with E-state index in [9.17, 15) is 0 Å². The van der Waals surface area contributed by atoms with Crippen molar-refractivity contribution in [3.05, 3.63) is 15.9 Å². The molecule has 2 atom stereocenters. The molecule has 0 aromatic carbocycles. The summed E-state index contributed by atoms with van der Waals surface area (Å²) in [6.45, 7) is 9.60. The van der Waals surface area contributed by atoms with Crippen LogP contribution in [-0.4, -0.2) is 23.4 Å². The molecule has 0 saturated carbocycles. The number of rotatable bonds is 4. The van der Waals surface area contributed by atoms with Crippen LogP contribution in [0.1, 0.15) is 31.3 Å². The van der Waals surface area contributed by atoms with Gasteiger partial charge in [0.15, 0.2) is 0 Å². The summed E-state index contributed by atoms with van der Waals surface area (Å²) >= 11 is 3.56. The molecule has 0 aliphatic carbocycles. The van der Waals surface area contributed by atoms with E-state index in [1.165, 1.54) is 5.69 Å². The Bertz CT molecular complexity index is 333. The molecular formula is C11H20BrN3. The minimum Gasteiger partial charge on any atom is -0.319 e. The molecule has 0 amide bonds. The van der Waals surface area contributed by atoms with E-state index in [1.54, 1.807) is 0 Å². The van der Waals surface area contributed by atoms with Gasteiger partial charge >= 0.3 is 0 Å². The molecule has 1 heterocycles. The predicted molar refractivity (Wildman–Crippen MR) is 67.2 cm³/mol. The Hall–Kier alpha value is -0.350.